The van der Waals surface area contributed by atoms with Crippen molar-refractivity contribution in [3.8, 4) is 0 Å². The zero-order valence-corrected chi connectivity index (χ0v) is 48.3. The Bertz CT molecular complexity index is 1380. The molecule has 0 aliphatic rings. The average Bonchev–Trinajstić information content (AvgIpc) is 3.36. The van der Waals surface area contributed by atoms with Crippen LogP contribution in [0.2, 0.25) is 0 Å². The van der Waals surface area contributed by atoms with Gasteiger partial charge in [0.1, 0.15) is 13.2 Å². The van der Waals surface area contributed by atoms with Crippen molar-refractivity contribution >= 4 is 17.9 Å². The van der Waals surface area contributed by atoms with Crippen LogP contribution in [0.5, 0.6) is 0 Å². The van der Waals surface area contributed by atoms with Gasteiger partial charge in [-0.2, -0.15) is 0 Å². The van der Waals surface area contributed by atoms with Crippen molar-refractivity contribution in [1.29, 1.82) is 0 Å². The van der Waals surface area contributed by atoms with E-state index in [1.165, 1.54) is 173 Å². The van der Waals surface area contributed by atoms with Crippen LogP contribution in [-0.4, -0.2) is 87.4 Å². The molecule has 0 saturated heterocycles. The molecule has 0 radical (unpaired) electrons. The topological polar surface area (TPSA) is 108 Å². The van der Waals surface area contributed by atoms with Crippen LogP contribution in [0.4, 0.5) is 0 Å². The smallest absolute Gasteiger partial charge is 0.361 e. The van der Waals surface area contributed by atoms with E-state index in [9.17, 15) is 19.5 Å². The van der Waals surface area contributed by atoms with E-state index in [1.807, 2.05) is 21.1 Å². The first-order chi connectivity index (χ1) is 35.6. The standard InChI is InChI=1S/C64H115NO8/c1-6-8-10-12-14-16-18-20-22-24-25-26-27-28-29-30-31-32-33-34-35-36-37-39-41-43-45-47-49-51-53-55-62(67)73-60(59-72-64(63(68)69)70-57-56-65(3,4)5)58-71-61(66)54-52-50-48-46-44-42-40-38-23-21-19-17-15-13-11-9-7-2/h15,17-18,20-21,23-25,27-28,60,64H,6-14,16,19,22,26,29-59H2,1-5H3/p+1/b17-15-,20-18-,23-21-,25-24-,28-27-. The maximum absolute atomic E-state index is 12.9. The van der Waals surface area contributed by atoms with E-state index in [0.717, 1.165) is 70.6 Å². The van der Waals surface area contributed by atoms with Gasteiger partial charge in [-0.05, 0) is 83.5 Å². The highest BCUT2D eigenvalue weighted by atomic mass is 16.7. The molecule has 0 aromatic rings. The number of esters is 2. The molecule has 424 valence electrons. The highest BCUT2D eigenvalue weighted by Crippen LogP contribution is 2.16. The Kier molecular flexibility index (Phi) is 53.0. The van der Waals surface area contributed by atoms with Gasteiger partial charge in [-0.25, -0.2) is 4.79 Å². The summed E-state index contributed by atoms with van der Waals surface area (Å²) >= 11 is 0. The molecule has 0 spiro atoms. The molecule has 0 rings (SSSR count). The van der Waals surface area contributed by atoms with Crippen LogP contribution in [0.15, 0.2) is 60.8 Å². The van der Waals surface area contributed by atoms with Gasteiger partial charge in [0.2, 0.25) is 0 Å². The molecule has 9 heteroatoms. The number of ether oxygens (including phenoxy) is 4. The summed E-state index contributed by atoms with van der Waals surface area (Å²) in [6.07, 6.45) is 67.3. The third-order valence-electron chi connectivity index (χ3n) is 13.2. The first-order valence-electron chi connectivity index (χ1n) is 30.5. The molecule has 1 N–H and O–H groups in total. The second kappa shape index (κ2) is 55.2. The van der Waals surface area contributed by atoms with Gasteiger partial charge in [0.15, 0.2) is 6.10 Å². The number of aliphatic carboxylic acids is 1. The molecule has 0 aromatic heterocycles. The number of carbonyl (C=O) groups is 3. The van der Waals surface area contributed by atoms with Gasteiger partial charge in [0, 0.05) is 12.8 Å². The molecule has 0 amide bonds. The zero-order valence-electron chi connectivity index (χ0n) is 48.3. The van der Waals surface area contributed by atoms with Gasteiger partial charge >= 0.3 is 17.9 Å². The van der Waals surface area contributed by atoms with Crippen LogP contribution in [-0.2, 0) is 33.3 Å². The third-order valence-corrected chi connectivity index (χ3v) is 13.2. The van der Waals surface area contributed by atoms with Crippen LogP contribution >= 0.6 is 0 Å². The van der Waals surface area contributed by atoms with Gasteiger partial charge in [0.25, 0.3) is 6.29 Å². The van der Waals surface area contributed by atoms with Gasteiger partial charge in [-0.15, -0.1) is 0 Å². The number of nitrogens with zero attached hydrogens (tertiary/aromatic N) is 1. The second-order valence-electron chi connectivity index (χ2n) is 21.7. The normalized spacial score (nSPS) is 13.2. The van der Waals surface area contributed by atoms with Crippen molar-refractivity contribution in [2.45, 2.75) is 283 Å². The Morgan fingerprint density at radius 3 is 1.12 bits per heavy atom. The maximum Gasteiger partial charge on any atom is 0.361 e. The van der Waals surface area contributed by atoms with Crippen molar-refractivity contribution in [3.05, 3.63) is 60.8 Å². The van der Waals surface area contributed by atoms with E-state index < -0.39 is 24.3 Å². The van der Waals surface area contributed by atoms with Crippen molar-refractivity contribution in [1.82, 2.24) is 0 Å². The fourth-order valence-corrected chi connectivity index (χ4v) is 8.52. The monoisotopic (exact) mass is 1030 g/mol. The highest BCUT2D eigenvalue weighted by molar-refractivity contribution is 5.71. The molecule has 0 fully saturated rings. The molecule has 0 aliphatic carbocycles. The Labute approximate surface area is 450 Å². The van der Waals surface area contributed by atoms with Crippen LogP contribution in [0, 0.1) is 0 Å². The molecule has 0 heterocycles. The lowest BCUT2D eigenvalue weighted by Crippen LogP contribution is -2.40. The summed E-state index contributed by atoms with van der Waals surface area (Å²) < 4.78 is 22.9. The molecule has 2 unspecified atom stereocenters. The van der Waals surface area contributed by atoms with Crippen molar-refractivity contribution in [2.24, 2.45) is 0 Å². The largest absolute Gasteiger partial charge is 0.477 e. The maximum atomic E-state index is 12.9. The zero-order chi connectivity index (χ0) is 53.4. The number of allylic oxidation sites excluding steroid dienone is 10. The van der Waals surface area contributed by atoms with Gasteiger partial charge < -0.3 is 28.5 Å². The first-order valence-corrected chi connectivity index (χ1v) is 30.5. The van der Waals surface area contributed by atoms with Crippen LogP contribution in [0.25, 0.3) is 0 Å². The quantitative estimate of drug-likeness (QED) is 0.0211. The lowest BCUT2D eigenvalue weighted by Gasteiger charge is -2.25. The summed E-state index contributed by atoms with van der Waals surface area (Å²) in [6.45, 7) is 4.85. The Morgan fingerprint density at radius 1 is 0.411 bits per heavy atom. The average molecular weight is 1030 g/mol. The summed E-state index contributed by atoms with van der Waals surface area (Å²) in [5, 5.41) is 9.70. The van der Waals surface area contributed by atoms with Crippen LogP contribution in [0.3, 0.4) is 0 Å². The van der Waals surface area contributed by atoms with Crippen molar-refractivity contribution in [2.75, 3.05) is 47.5 Å². The fourth-order valence-electron chi connectivity index (χ4n) is 8.52. The number of unbranched alkanes of at least 4 members (excludes halogenated alkanes) is 31. The number of carboxylic acid groups (broad SMARTS) is 1. The molecule has 0 aliphatic heterocycles. The van der Waals surface area contributed by atoms with E-state index in [-0.39, 0.29) is 32.2 Å². The Morgan fingerprint density at radius 2 is 0.740 bits per heavy atom. The van der Waals surface area contributed by atoms with E-state index in [0.29, 0.717) is 17.4 Å². The summed E-state index contributed by atoms with van der Waals surface area (Å²) in [5.74, 6) is -2.01. The van der Waals surface area contributed by atoms with Crippen LogP contribution in [0.1, 0.15) is 271 Å². The molecular formula is C64H116NO8+. The van der Waals surface area contributed by atoms with E-state index in [2.05, 4.69) is 74.6 Å². The van der Waals surface area contributed by atoms with E-state index in [1.54, 1.807) is 0 Å². The third kappa shape index (κ3) is 56.6. The predicted molar refractivity (Wildman–Crippen MR) is 309 cm³/mol. The van der Waals surface area contributed by atoms with Gasteiger partial charge in [0.05, 0.1) is 34.4 Å². The fraction of sp³-hybridized carbons (Fsp3) is 0.797. The number of quaternary nitrogens is 1. The Balaban J connectivity index is 4.15. The lowest BCUT2D eigenvalue weighted by atomic mass is 10.0. The molecule has 9 nitrogen and oxygen atoms in total. The first kappa shape index (κ1) is 70.0. The minimum atomic E-state index is -1.51. The van der Waals surface area contributed by atoms with E-state index >= 15 is 0 Å². The summed E-state index contributed by atoms with van der Waals surface area (Å²) in [4.78, 5) is 37.4. The van der Waals surface area contributed by atoms with E-state index in [4.69, 9.17) is 18.9 Å². The number of hydrogen-bond acceptors (Lipinski definition) is 7. The molecule has 0 aromatic carbocycles. The van der Waals surface area contributed by atoms with Gasteiger partial charge in [-0.1, -0.05) is 235 Å². The predicted octanol–water partition coefficient (Wildman–Crippen LogP) is 18.0. The number of hydrogen-bond donors (Lipinski definition) is 1. The number of carboxylic acids is 1. The summed E-state index contributed by atoms with van der Waals surface area (Å²) in [6, 6.07) is 0. The lowest BCUT2D eigenvalue weighted by molar-refractivity contribution is -0.870. The summed E-state index contributed by atoms with van der Waals surface area (Å²) in [7, 11) is 5.97. The number of rotatable bonds is 56. The SMILES string of the molecule is CCCCC/C=C\C/C=C\CCCCCCCCCC(=O)OCC(COC(OCC[N+](C)(C)C)C(=O)O)OC(=O)CCCCCCCCCCCCCCCCCC/C=C\C/C=C\C/C=C\CCCCCCC. The molecule has 0 bridgehead atoms. The van der Waals surface area contributed by atoms with Crippen molar-refractivity contribution in [3.63, 3.8) is 0 Å². The van der Waals surface area contributed by atoms with Gasteiger partial charge in [-0.3, -0.25) is 9.59 Å². The number of likely N-dealkylation sites (N-methyl/N-ethyl adjacent to an activating group) is 1. The molecule has 73 heavy (non-hydrogen) atoms. The van der Waals surface area contributed by atoms with Crippen LogP contribution < -0.4 is 0 Å². The minimum absolute atomic E-state index is 0.186. The van der Waals surface area contributed by atoms with Crippen molar-refractivity contribution < 1.29 is 42.9 Å². The highest BCUT2D eigenvalue weighted by Gasteiger charge is 2.25. The Hall–Kier alpha value is -3.01. The summed E-state index contributed by atoms with van der Waals surface area (Å²) in [5.41, 5.74) is 0. The molecule has 0 saturated carbocycles. The molecular weight excluding hydrogens is 911 g/mol. The number of carbonyl (C=O) groups excluding carboxylic acids is 2. The molecule has 2 atom stereocenters. The minimum Gasteiger partial charge on any atom is -0.477 e. The second-order valence-corrected chi connectivity index (χ2v) is 21.7.